The second-order valence-electron chi connectivity index (χ2n) is 7.75. The van der Waals surface area contributed by atoms with E-state index in [1.165, 1.54) is 30.3 Å². The van der Waals surface area contributed by atoms with Gasteiger partial charge in [-0.2, -0.15) is 0 Å². The lowest BCUT2D eigenvalue weighted by molar-refractivity contribution is -0.122. The fraction of sp³-hybridized carbons (Fsp3) is 0.500. The lowest BCUT2D eigenvalue weighted by atomic mass is 9.65. The van der Waals surface area contributed by atoms with Crippen molar-refractivity contribution in [2.24, 2.45) is 30.5 Å². The molecule has 4 rings (SSSR count). The van der Waals surface area contributed by atoms with Crippen molar-refractivity contribution >= 4 is 35.8 Å². The summed E-state index contributed by atoms with van der Waals surface area (Å²) >= 11 is 1.41. The quantitative estimate of drug-likeness (QED) is 0.770. The zero-order chi connectivity index (χ0) is 19.0. The molecule has 2 aliphatic carbocycles. The second-order valence-corrected chi connectivity index (χ2v) is 8.76. The van der Waals surface area contributed by atoms with Crippen LogP contribution in [-0.4, -0.2) is 21.5 Å². The first-order chi connectivity index (χ1) is 13.0. The van der Waals surface area contributed by atoms with E-state index in [0.29, 0.717) is 17.5 Å². The van der Waals surface area contributed by atoms with Crippen molar-refractivity contribution in [3.05, 3.63) is 36.4 Å². The van der Waals surface area contributed by atoms with Gasteiger partial charge < -0.3 is 15.6 Å². The number of anilines is 1. The predicted molar refractivity (Wildman–Crippen MR) is 111 cm³/mol. The number of nitrogens with one attached hydrogen (secondary N) is 1. The summed E-state index contributed by atoms with van der Waals surface area (Å²) in [6, 6.07) is 4.71. The Morgan fingerprint density at radius 3 is 2.68 bits per heavy atom. The Bertz CT molecular complexity index is 831. The summed E-state index contributed by atoms with van der Waals surface area (Å²) in [5.41, 5.74) is 6.85. The van der Waals surface area contributed by atoms with E-state index in [1.54, 1.807) is 12.3 Å². The summed E-state index contributed by atoms with van der Waals surface area (Å²) in [5.74, 6) is 0.432. The number of carbonyl (C=O) groups is 1. The van der Waals surface area contributed by atoms with E-state index in [9.17, 15) is 9.18 Å². The van der Waals surface area contributed by atoms with Gasteiger partial charge in [0.05, 0.1) is 5.69 Å². The average molecular weight is 425 g/mol. The Morgan fingerprint density at radius 2 is 2.04 bits per heavy atom. The molecular weight excluding hydrogens is 399 g/mol. The fourth-order valence-corrected chi connectivity index (χ4v) is 5.35. The van der Waals surface area contributed by atoms with Crippen molar-refractivity contribution < 1.29 is 9.18 Å². The number of imidazole rings is 1. The minimum absolute atomic E-state index is 0. The number of halogens is 2. The van der Waals surface area contributed by atoms with Gasteiger partial charge in [0, 0.05) is 36.3 Å². The maximum Gasteiger partial charge on any atom is 0.227 e. The van der Waals surface area contributed by atoms with E-state index in [-0.39, 0.29) is 36.1 Å². The van der Waals surface area contributed by atoms with Gasteiger partial charge in [0.25, 0.3) is 0 Å². The van der Waals surface area contributed by atoms with Gasteiger partial charge in [-0.1, -0.05) is 6.42 Å². The largest absolute Gasteiger partial charge is 0.329 e. The molecular formula is C20H26ClFN4OS. The Hall–Kier alpha value is -1.57. The van der Waals surface area contributed by atoms with Crippen molar-refractivity contribution in [3.63, 3.8) is 0 Å². The van der Waals surface area contributed by atoms with Crippen LogP contribution in [-0.2, 0) is 11.8 Å². The molecule has 28 heavy (non-hydrogen) atoms. The zero-order valence-corrected chi connectivity index (χ0v) is 17.4. The third-order valence-corrected chi connectivity index (χ3v) is 7.11. The summed E-state index contributed by atoms with van der Waals surface area (Å²) < 4.78 is 15.7. The van der Waals surface area contributed by atoms with Gasteiger partial charge in [-0.3, -0.25) is 4.79 Å². The van der Waals surface area contributed by atoms with Crippen molar-refractivity contribution in [2.75, 3.05) is 5.32 Å². The summed E-state index contributed by atoms with van der Waals surface area (Å²) in [6.45, 7) is 0. The zero-order valence-electron chi connectivity index (χ0n) is 15.8. The Balaban J connectivity index is 0.00000225. The molecule has 1 amide bonds. The van der Waals surface area contributed by atoms with Crippen molar-refractivity contribution in [2.45, 2.75) is 48.2 Å². The summed E-state index contributed by atoms with van der Waals surface area (Å²) in [5, 5.41) is 3.77. The van der Waals surface area contributed by atoms with Crippen LogP contribution in [0.4, 0.5) is 10.1 Å². The fourth-order valence-electron chi connectivity index (χ4n) is 4.48. The molecule has 2 unspecified atom stereocenters. The molecule has 1 aromatic carbocycles. The molecule has 2 aliphatic rings. The van der Waals surface area contributed by atoms with E-state index >= 15 is 0 Å². The molecule has 0 saturated heterocycles. The highest BCUT2D eigenvalue weighted by molar-refractivity contribution is 7.99. The number of fused-ring (bicyclic) bond motifs is 2. The molecule has 0 radical (unpaired) electrons. The Kier molecular flexibility index (Phi) is 6.68. The monoisotopic (exact) mass is 424 g/mol. The van der Waals surface area contributed by atoms with E-state index < -0.39 is 0 Å². The maximum atomic E-state index is 13.8. The van der Waals surface area contributed by atoms with E-state index in [2.05, 4.69) is 10.3 Å². The Morgan fingerprint density at radius 1 is 1.32 bits per heavy atom. The van der Waals surface area contributed by atoms with Gasteiger partial charge in [0.1, 0.15) is 5.82 Å². The summed E-state index contributed by atoms with van der Waals surface area (Å²) in [6.07, 6.45) is 8.68. The molecule has 2 bridgehead atoms. The first-order valence-electron chi connectivity index (χ1n) is 9.52. The van der Waals surface area contributed by atoms with Crippen molar-refractivity contribution in [1.29, 1.82) is 0 Å². The number of nitrogens with two attached hydrogens (primary N) is 1. The molecule has 3 N–H and O–H groups in total. The lowest BCUT2D eigenvalue weighted by Gasteiger charge is -2.43. The van der Waals surface area contributed by atoms with E-state index in [4.69, 9.17) is 5.73 Å². The first-order valence-corrected chi connectivity index (χ1v) is 10.3. The minimum atomic E-state index is -0.364. The van der Waals surface area contributed by atoms with Crippen LogP contribution in [0.3, 0.4) is 0 Å². The van der Waals surface area contributed by atoms with Gasteiger partial charge >= 0.3 is 0 Å². The number of nitrogens with zero attached hydrogens (tertiary/aromatic N) is 2. The number of benzene rings is 1. The summed E-state index contributed by atoms with van der Waals surface area (Å²) in [4.78, 5) is 18.0. The van der Waals surface area contributed by atoms with Crippen LogP contribution in [0, 0.1) is 23.6 Å². The Labute approximate surface area is 175 Å². The highest BCUT2D eigenvalue weighted by atomic mass is 35.5. The van der Waals surface area contributed by atoms with Gasteiger partial charge in [-0.05, 0) is 67.5 Å². The van der Waals surface area contributed by atoms with Crippen LogP contribution in [0.5, 0.6) is 0 Å². The average Bonchev–Trinajstić information content (AvgIpc) is 3.02. The number of hydrogen-bond acceptors (Lipinski definition) is 4. The standard InChI is InChI=1S/C20H25FN4OS.ClH/c1-25-8-7-23-20(25)27-17-6-5-15(21)11-16(17)24-19(26)14-9-12-3-2-4-13(10-14)18(12)22;/h5-8,11-14,18H,2-4,9-10,22H2,1H3,(H,24,26);1H. The van der Waals surface area contributed by atoms with Crippen LogP contribution in [0.2, 0.25) is 0 Å². The van der Waals surface area contributed by atoms with E-state index in [0.717, 1.165) is 35.7 Å². The molecule has 1 aromatic heterocycles. The van der Waals surface area contributed by atoms with Gasteiger partial charge in [0.15, 0.2) is 5.16 Å². The number of aryl methyl sites for hydroxylation is 1. The molecule has 0 spiro atoms. The first kappa shape index (κ1) is 21.1. The SMILES string of the molecule is Cl.Cn1ccnc1Sc1ccc(F)cc1NC(=O)C1CC2CCCC(C1)C2N. The molecule has 2 saturated carbocycles. The molecule has 1 heterocycles. The van der Waals surface area contributed by atoms with E-state index in [1.807, 2.05) is 17.8 Å². The minimum Gasteiger partial charge on any atom is -0.329 e. The molecule has 152 valence electrons. The number of aromatic nitrogens is 2. The smallest absolute Gasteiger partial charge is 0.227 e. The van der Waals surface area contributed by atoms with Gasteiger partial charge in [0.2, 0.25) is 5.91 Å². The van der Waals surface area contributed by atoms with Crippen LogP contribution in [0.25, 0.3) is 0 Å². The second kappa shape index (κ2) is 8.84. The topological polar surface area (TPSA) is 72.9 Å². The molecule has 2 fully saturated rings. The molecule has 2 aromatic rings. The number of carbonyl (C=O) groups excluding carboxylic acids is 1. The number of amides is 1. The molecule has 2 atom stereocenters. The number of rotatable bonds is 4. The molecule has 0 aliphatic heterocycles. The van der Waals surface area contributed by atoms with Crippen LogP contribution in [0.15, 0.2) is 40.6 Å². The van der Waals surface area contributed by atoms with Gasteiger partial charge in [-0.25, -0.2) is 9.37 Å². The third kappa shape index (κ3) is 4.36. The number of hydrogen-bond donors (Lipinski definition) is 2. The van der Waals surface area contributed by atoms with Crippen molar-refractivity contribution in [1.82, 2.24) is 9.55 Å². The molecule has 5 nitrogen and oxygen atoms in total. The highest BCUT2D eigenvalue weighted by Crippen LogP contribution is 2.42. The van der Waals surface area contributed by atoms with Gasteiger partial charge in [-0.15, -0.1) is 12.4 Å². The lowest BCUT2D eigenvalue weighted by Crippen LogP contribution is -2.48. The summed E-state index contributed by atoms with van der Waals surface area (Å²) in [7, 11) is 1.90. The van der Waals surface area contributed by atoms with Crippen LogP contribution >= 0.6 is 24.2 Å². The predicted octanol–water partition coefficient (Wildman–Crippen LogP) is 4.22. The van der Waals surface area contributed by atoms with Crippen molar-refractivity contribution in [3.8, 4) is 0 Å². The maximum absolute atomic E-state index is 13.8. The highest BCUT2D eigenvalue weighted by Gasteiger charge is 2.40. The van der Waals surface area contributed by atoms with Crippen LogP contribution < -0.4 is 11.1 Å². The van der Waals surface area contributed by atoms with Crippen LogP contribution in [0.1, 0.15) is 32.1 Å². The third-order valence-electron chi connectivity index (χ3n) is 5.96. The normalized spacial score (nSPS) is 26.4. The molecule has 8 heteroatoms.